The Morgan fingerprint density at radius 1 is 1.15 bits per heavy atom. The topological polar surface area (TPSA) is 49.4 Å². The molecule has 0 radical (unpaired) electrons. The van der Waals surface area contributed by atoms with Crippen molar-refractivity contribution in [3.8, 4) is 0 Å². The minimum absolute atomic E-state index is 0.0763. The van der Waals surface area contributed by atoms with Gasteiger partial charge in [-0.2, -0.15) is 0 Å². The van der Waals surface area contributed by atoms with Crippen LogP contribution < -0.4 is 5.32 Å². The van der Waals surface area contributed by atoms with Gasteiger partial charge in [-0.1, -0.05) is 31.2 Å². The van der Waals surface area contributed by atoms with Gasteiger partial charge in [0, 0.05) is 22.8 Å². The number of carbonyl (C=O) groups excluding carboxylic acids is 2. The number of nitrogens with zero attached hydrogens (tertiary/aromatic N) is 1. The average molecular weight is 384 g/mol. The van der Waals surface area contributed by atoms with Crippen LogP contribution in [0.3, 0.4) is 0 Å². The fourth-order valence-electron chi connectivity index (χ4n) is 3.06. The van der Waals surface area contributed by atoms with Gasteiger partial charge < -0.3 is 10.2 Å². The van der Waals surface area contributed by atoms with E-state index in [0.717, 1.165) is 22.4 Å². The van der Waals surface area contributed by atoms with Gasteiger partial charge >= 0.3 is 0 Å². The van der Waals surface area contributed by atoms with Crippen LogP contribution in [0.4, 0.5) is 10.1 Å². The fourth-order valence-corrected chi connectivity index (χ4v) is 4.28. The molecule has 27 heavy (non-hydrogen) atoms. The molecule has 2 amide bonds. The number of halogens is 1. The predicted molar refractivity (Wildman–Crippen MR) is 108 cm³/mol. The fraction of sp³-hybridized carbons (Fsp3) is 0.238. The molecule has 0 saturated carbocycles. The van der Waals surface area contributed by atoms with E-state index in [4.69, 9.17) is 0 Å². The zero-order chi connectivity index (χ0) is 19.6. The molecule has 1 N–H and O–H groups in total. The summed E-state index contributed by atoms with van der Waals surface area (Å²) in [7, 11) is 1.58. The Labute approximate surface area is 161 Å². The minimum atomic E-state index is -0.336. The van der Waals surface area contributed by atoms with E-state index >= 15 is 0 Å². The molecule has 0 spiro atoms. The van der Waals surface area contributed by atoms with Crippen molar-refractivity contribution in [3.05, 3.63) is 64.3 Å². The highest BCUT2D eigenvalue weighted by molar-refractivity contribution is 7.21. The third-order valence-electron chi connectivity index (χ3n) is 4.50. The first-order chi connectivity index (χ1) is 12.9. The monoisotopic (exact) mass is 384 g/mol. The maximum atomic E-state index is 14.1. The third kappa shape index (κ3) is 3.85. The lowest BCUT2D eigenvalue weighted by molar-refractivity contribution is -0.116. The number of nitrogens with one attached hydrogen (secondary N) is 1. The third-order valence-corrected chi connectivity index (χ3v) is 5.74. The van der Waals surface area contributed by atoms with E-state index in [0.29, 0.717) is 15.8 Å². The highest BCUT2D eigenvalue weighted by Crippen LogP contribution is 2.33. The van der Waals surface area contributed by atoms with Gasteiger partial charge in [-0.05, 0) is 42.7 Å². The van der Waals surface area contributed by atoms with Crippen molar-refractivity contribution in [1.29, 1.82) is 0 Å². The van der Waals surface area contributed by atoms with Gasteiger partial charge in [0.15, 0.2) is 0 Å². The molecule has 2 aromatic carbocycles. The summed E-state index contributed by atoms with van der Waals surface area (Å²) < 4.78 is 14.8. The van der Waals surface area contributed by atoms with Crippen LogP contribution in [-0.2, 0) is 11.2 Å². The Hall–Kier alpha value is -2.73. The molecule has 140 valence electrons. The first-order valence-electron chi connectivity index (χ1n) is 8.73. The quantitative estimate of drug-likeness (QED) is 0.698. The highest BCUT2D eigenvalue weighted by Gasteiger charge is 2.22. The van der Waals surface area contributed by atoms with Crippen LogP contribution in [-0.4, -0.2) is 30.3 Å². The molecule has 0 atom stereocenters. The molecule has 0 aliphatic rings. The molecular formula is C21H21FN2O2S. The number of fused-ring (bicyclic) bond motifs is 1. The van der Waals surface area contributed by atoms with E-state index in [-0.39, 0.29) is 24.2 Å². The zero-order valence-electron chi connectivity index (χ0n) is 15.5. The number of aryl methyl sites for hydroxylation is 2. The van der Waals surface area contributed by atoms with E-state index < -0.39 is 0 Å². The summed E-state index contributed by atoms with van der Waals surface area (Å²) in [6, 6.07) is 12.4. The summed E-state index contributed by atoms with van der Waals surface area (Å²) in [5.41, 5.74) is 2.41. The van der Waals surface area contributed by atoms with E-state index in [1.54, 1.807) is 26.1 Å². The van der Waals surface area contributed by atoms with E-state index in [1.807, 2.05) is 31.2 Å². The molecule has 0 fully saturated rings. The SMILES string of the molecule is CCc1ccccc1NC(=O)CN(C)C(=O)c1sc2cccc(F)c2c1C. The van der Waals surface area contributed by atoms with Crippen LogP contribution in [0.2, 0.25) is 0 Å². The van der Waals surface area contributed by atoms with Crippen molar-refractivity contribution >= 4 is 38.9 Å². The normalized spacial score (nSPS) is 10.8. The van der Waals surface area contributed by atoms with Gasteiger partial charge in [0.25, 0.3) is 5.91 Å². The molecule has 0 aliphatic heterocycles. The maximum Gasteiger partial charge on any atom is 0.264 e. The molecule has 0 saturated heterocycles. The molecule has 4 nitrogen and oxygen atoms in total. The zero-order valence-corrected chi connectivity index (χ0v) is 16.3. The Kier molecular flexibility index (Phi) is 5.56. The van der Waals surface area contributed by atoms with Crippen molar-refractivity contribution in [3.63, 3.8) is 0 Å². The number of anilines is 1. The molecule has 1 aromatic heterocycles. The smallest absolute Gasteiger partial charge is 0.264 e. The summed E-state index contributed by atoms with van der Waals surface area (Å²) in [6.45, 7) is 3.68. The van der Waals surface area contributed by atoms with Crippen LogP contribution in [0.15, 0.2) is 42.5 Å². The van der Waals surface area contributed by atoms with Gasteiger partial charge in [0.05, 0.1) is 11.4 Å². The largest absolute Gasteiger partial charge is 0.332 e. The number of thiophene rings is 1. The lowest BCUT2D eigenvalue weighted by Gasteiger charge is -2.17. The van der Waals surface area contributed by atoms with Gasteiger partial charge in [-0.15, -0.1) is 11.3 Å². The Balaban J connectivity index is 1.75. The van der Waals surface area contributed by atoms with Crippen molar-refractivity contribution in [2.24, 2.45) is 0 Å². The number of hydrogen-bond donors (Lipinski definition) is 1. The number of amides is 2. The molecule has 3 aromatic rings. The van der Waals surface area contributed by atoms with E-state index in [9.17, 15) is 14.0 Å². The van der Waals surface area contributed by atoms with Gasteiger partial charge in [0.1, 0.15) is 5.82 Å². The second-order valence-corrected chi connectivity index (χ2v) is 7.44. The molecule has 1 heterocycles. The van der Waals surface area contributed by atoms with Crippen molar-refractivity contribution < 1.29 is 14.0 Å². The first kappa shape index (κ1) is 19.0. The lowest BCUT2D eigenvalue weighted by atomic mass is 10.1. The Bertz CT molecular complexity index is 1010. The summed E-state index contributed by atoms with van der Waals surface area (Å²) in [4.78, 5) is 27.0. The molecular weight excluding hydrogens is 363 g/mol. The van der Waals surface area contributed by atoms with Crippen LogP contribution in [0.5, 0.6) is 0 Å². The number of rotatable bonds is 5. The molecule has 0 bridgehead atoms. The standard InChI is InChI=1S/C21H21FN2O2S/c1-4-14-8-5-6-10-16(14)23-18(25)12-24(3)21(26)20-13(2)19-15(22)9-7-11-17(19)27-20/h5-11H,4,12H2,1-3H3,(H,23,25). The van der Waals surface area contributed by atoms with Crippen LogP contribution in [0.1, 0.15) is 27.7 Å². The Morgan fingerprint density at radius 2 is 1.89 bits per heavy atom. The van der Waals surface area contributed by atoms with E-state index in [1.165, 1.54) is 22.3 Å². The van der Waals surface area contributed by atoms with Crippen molar-refractivity contribution in [1.82, 2.24) is 4.90 Å². The average Bonchev–Trinajstić information content (AvgIpc) is 2.99. The Morgan fingerprint density at radius 3 is 2.59 bits per heavy atom. The molecule has 0 aliphatic carbocycles. The maximum absolute atomic E-state index is 14.1. The number of hydrogen-bond acceptors (Lipinski definition) is 3. The van der Waals surface area contributed by atoms with Crippen molar-refractivity contribution in [2.75, 3.05) is 18.9 Å². The number of carbonyl (C=O) groups is 2. The number of benzene rings is 2. The molecule has 6 heteroatoms. The first-order valence-corrected chi connectivity index (χ1v) is 9.54. The number of likely N-dealkylation sites (N-methyl/N-ethyl adjacent to an activating group) is 1. The molecule has 0 unspecified atom stereocenters. The summed E-state index contributed by atoms with van der Waals surface area (Å²) in [6.07, 6.45) is 0.803. The summed E-state index contributed by atoms with van der Waals surface area (Å²) >= 11 is 1.25. The molecule has 3 rings (SSSR count). The van der Waals surface area contributed by atoms with Crippen molar-refractivity contribution in [2.45, 2.75) is 20.3 Å². The van der Waals surface area contributed by atoms with Crippen LogP contribution in [0.25, 0.3) is 10.1 Å². The minimum Gasteiger partial charge on any atom is -0.332 e. The highest BCUT2D eigenvalue weighted by atomic mass is 32.1. The predicted octanol–water partition coefficient (Wildman–Crippen LogP) is 4.62. The second kappa shape index (κ2) is 7.88. The lowest BCUT2D eigenvalue weighted by Crippen LogP contribution is -2.35. The second-order valence-electron chi connectivity index (χ2n) is 6.39. The van der Waals surface area contributed by atoms with Crippen LogP contribution >= 0.6 is 11.3 Å². The summed E-state index contributed by atoms with van der Waals surface area (Å²) in [5.74, 6) is -0.888. The number of para-hydroxylation sites is 1. The van der Waals surface area contributed by atoms with E-state index in [2.05, 4.69) is 5.32 Å². The summed E-state index contributed by atoms with van der Waals surface area (Å²) in [5, 5.41) is 3.33. The van der Waals surface area contributed by atoms with Crippen LogP contribution in [0, 0.1) is 12.7 Å². The van der Waals surface area contributed by atoms with Gasteiger partial charge in [0.2, 0.25) is 5.91 Å². The van der Waals surface area contributed by atoms with Gasteiger partial charge in [-0.3, -0.25) is 9.59 Å². The van der Waals surface area contributed by atoms with Gasteiger partial charge in [-0.25, -0.2) is 4.39 Å².